The normalized spacial score (nSPS) is 11.7. The highest BCUT2D eigenvalue weighted by atomic mass is 16.5. The van der Waals surface area contributed by atoms with Crippen LogP contribution in [0.4, 0.5) is 5.69 Å². The summed E-state index contributed by atoms with van der Waals surface area (Å²) in [6.07, 6.45) is 0. The van der Waals surface area contributed by atoms with Crippen LogP contribution in [0.1, 0.15) is 42.3 Å². The van der Waals surface area contributed by atoms with Crippen molar-refractivity contribution in [2.45, 2.75) is 39.3 Å². The lowest BCUT2D eigenvalue weighted by atomic mass is 9.84. The molecule has 4 rings (SSSR count). The number of fused-ring (bicyclic) bond motifs is 1. The predicted molar refractivity (Wildman–Crippen MR) is 148 cm³/mol. The highest BCUT2D eigenvalue weighted by Gasteiger charge is 2.25. The van der Waals surface area contributed by atoms with Gasteiger partial charge in [0, 0.05) is 31.8 Å². The first kappa shape index (κ1) is 26.2. The summed E-state index contributed by atoms with van der Waals surface area (Å²) in [5.41, 5.74) is 4.55. The van der Waals surface area contributed by atoms with E-state index in [1.54, 1.807) is 23.8 Å². The summed E-state index contributed by atoms with van der Waals surface area (Å²) in [6, 6.07) is 21.4. The first-order chi connectivity index (χ1) is 17.6. The molecular formula is C30H36N4O3. The molecule has 0 atom stereocenters. The van der Waals surface area contributed by atoms with Gasteiger partial charge < -0.3 is 23.9 Å². The van der Waals surface area contributed by atoms with Crippen LogP contribution in [0, 0.1) is 5.41 Å². The lowest BCUT2D eigenvalue weighted by Gasteiger charge is -2.27. The molecule has 0 saturated carbocycles. The maximum absolute atomic E-state index is 13.7. The average molecular weight is 501 g/mol. The number of likely N-dealkylation sites (N-methyl/N-ethyl adjacent to an activating group) is 1. The quantitative estimate of drug-likeness (QED) is 0.319. The van der Waals surface area contributed by atoms with Gasteiger partial charge in [-0.2, -0.15) is 0 Å². The van der Waals surface area contributed by atoms with Crippen LogP contribution in [0.3, 0.4) is 0 Å². The number of carbonyl (C=O) groups is 1. The molecule has 0 spiro atoms. The molecule has 1 heterocycles. The monoisotopic (exact) mass is 500 g/mol. The number of carbonyl (C=O) groups excluding carboxylic acids is 1. The minimum Gasteiger partial charge on any atom is -0.505 e. The smallest absolute Gasteiger partial charge is 0.203 e. The standard InChI is InChI=1S/C30H36N4O3/c1-30(2,3)23-17-22(18-26(28(23)36)32(4)15-16-37-5)27(35)20-34-25-14-10-9-13-24(25)33(29(34)31)19-21-11-7-6-8-12-21/h6-14,17-18,31,36H,15-16,19-20H2,1-5H3. The number of methoxy groups -OCH3 is 1. The Labute approximate surface area is 218 Å². The Kier molecular flexibility index (Phi) is 7.55. The van der Waals surface area contributed by atoms with Crippen LogP contribution >= 0.6 is 0 Å². The largest absolute Gasteiger partial charge is 0.505 e. The van der Waals surface area contributed by atoms with Crippen molar-refractivity contribution in [3.8, 4) is 5.75 Å². The number of ketones is 1. The zero-order chi connectivity index (χ0) is 26.7. The predicted octanol–water partition coefficient (Wildman–Crippen LogP) is 4.94. The van der Waals surface area contributed by atoms with E-state index in [0.717, 1.165) is 16.6 Å². The first-order valence-corrected chi connectivity index (χ1v) is 12.5. The molecule has 0 amide bonds. The van der Waals surface area contributed by atoms with Crippen LogP contribution in [0.15, 0.2) is 66.7 Å². The minimum atomic E-state index is -0.364. The van der Waals surface area contributed by atoms with Gasteiger partial charge in [-0.25, -0.2) is 0 Å². The lowest BCUT2D eigenvalue weighted by molar-refractivity contribution is 0.0971. The van der Waals surface area contributed by atoms with Crippen molar-refractivity contribution in [3.63, 3.8) is 0 Å². The molecule has 0 aliphatic heterocycles. The molecule has 7 nitrogen and oxygen atoms in total. The van der Waals surface area contributed by atoms with Gasteiger partial charge in [-0.15, -0.1) is 0 Å². The number of imidazole rings is 1. The molecule has 1 aromatic heterocycles. The molecule has 0 unspecified atom stereocenters. The molecule has 37 heavy (non-hydrogen) atoms. The van der Waals surface area contributed by atoms with Gasteiger partial charge in [0.2, 0.25) is 5.62 Å². The summed E-state index contributed by atoms with van der Waals surface area (Å²) in [4.78, 5) is 15.6. The van der Waals surface area contributed by atoms with Crippen LogP contribution in [0.25, 0.3) is 11.0 Å². The number of phenolic OH excluding ortho intramolecular Hbond substituents is 1. The number of rotatable bonds is 9. The maximum atomic E-state index is 13.7. The van der Waals surface area contributed by atoms with Gasteiger partial charge in [0.25, 0.3) is 0 Å². The molecule has 2 N–H and O–H groups in total. The molecule has 0 radical (unpaired) electrons. The van der Waals surface area contributed by atoms with Crippen molar-refractivity contribution in [2.75, 3.05) is 32.2 Å². The Morgan fingerprint density at radius 3 is 2.24 bits per heavy atom. The second-order valence-corrected chi connectivity index (χ2v) is 10.4. The zero-order valence-corrected chi connectivity index (χ0v) is 22.3. The van der Waals surface area contributed by atoms with E-state index in [9.17, 15) is 9.90 Å². The Hall–Kier alpha value is -3.84. The number of aromatic hydroxyl groups is 1. The summed E-state index contributed by atoms with van der Waals surface area (Å²) in [5, 5.41) is 20.0. The number of anilines is 1. The highest BCUT2D eigenvalue weighted by Crippen LogP contribution is 2.39. The summed E-state index contributed by atoms with van der Waals surface area (Å²) in [5.74, 6) is 0.0592. The van der Waals surface area contributed by atoms with Gasteiger partial charge in [0.05, 0.1) is 36.4 Å². The third kappa shape index (κ3) is 5.47. The average Bonchev–Trinajstić information content (AvgIpc) is 3.13. The van der Waals surface area contributed by atoms with Crippen molar-refractivity contribution in [1.82, 2.24) is 9.13 Å². The SMILES string of the molecule is COCCN(C)c1cc(C(=O)Cn2c(=N)n(Cc3ccccc3)c3ccccc32)cc(C(C)(C)C)c1O. The summed E-state index contributed by atoms with van der Waals surface area (Å²) < 4.78 is 8.90. The number of para-hydroxylation sites is 2. The van der Waals surface area contributed by atoms with Gasteiger partial charge in [-0.05, 0) is 35.2 Å². The Balaban J connectivity index is 1.76. The molecule has 0 aliphatic rings. The second-order valence-electron chi connectivity index (χ2n) is 10.4. The number of benzene rings is 3. The first-order valence-electron chi connectivity index (χ1n) is 12.5. The molecule has 194 valence electrons. The number of phenols is 1. The molecule has 0 fully saturated rings. The third-order valence-corrected chi connectivity index (χ3v) is 6.72. The third-order valence-electron chi connectivity index (χ3n) is 6.72. The van der Waals surface area contributed by atoms with Gasteiger partial charge in [-0.3, -0.25) is 10.2 Å². The Morgan fingerprint density at radius 2 is 1.62 bits per heavy atom. The van der Waals surface area contributed by atoms with Crippen molar-refractivity contribution < 1.29 is 14.6 Å². The Bertz CT molecular complexity index is 1460. The fourth-order valence-electron chi connectivity index (χ4n) is 4.61. The molecule has 0 saturated heterocycles. The van der Waals surface area contributed by atoms with Crippen LogP contribution < -0.4 is 10.5 Å². The second kappa shape index (κ2) is 10.6. The molecule has 0 bridgehead atoms. The fourth-order valence-corrected chi connectivity index (χ4v) is 4.61. The van der Waals surface area contributed by atoms with Crippen LogP contribution in [-0.4, -0.2) is 47.3 Å². The van der Waals surface area contributed by atoms with E-state index in [4.69, 9.17) is 10.1 Å². The number of ether oxygens (including phenoxy) is 1. The topological polar surface area (TPSA) is 83.5 Å². The molecule has 3 aromatic carbocycles. The summed E-state index contributed by atoms with van der Waals surface area (Å²) in [7, 11) is 3.51. The van der Waals surface area contributed by atoms with Gasteiger partial charge >= 0.3 is 0 Å². The van der Waals surface area contributed by atoms with Crippen LogP contribution in [0.2, 0.25) is 0 Å². The van der Waals surface area contributed by atoms with E-state index in [1.807, 2.05) is 91.9 Å². The van der Waals surface area contributed by atoms with E-state index in [1.165, 1.54) is 0 Å². The van der Waals surface area contributed by atoms with Gasteiger partial charge in [-0.1, -0.05) is 63.2 Å². The summed E-state index contributed by atoms with van der Waals surface area (Å²) in [6.45, 7) is 7.69. The number of Topliss-reactive ketones (excluding diaryl/α,β-unsaturated/α-hetero) is 1. The maximum Gasteiger partial charge on any atom is 0.203 e. The molecule has 0 aliphatic carbocycles. The molecule has 4 aromatic rings. The number of aromatic nitrogens is 2. The van der Waals surface area contributed by atoms with Crippen LogP contribution in [-0.2, 0) is 23.2 Å². The molecule has 7 heteroatoms. The van der Waals surface area contributed by atoms with Crippen molar-refractivity contribution >= 4 is 22.5 Å². The highest BCUT2D eigenvalue weighted by molar-refractivity contribution is 5.98. The number of hydrogen-bond donors (Lipinski definition) is 2. The van der Waals surface area contributed by atoms with E-state index in [0.29, 0.717) is 36.5 Å². The summed E-state index contributed by atoms with van der Waals surface area (Å²) >= 11 is 0. The van der Waals surface area contributed by atoms with E-state index in [2.05, 4.69) is 0 Å². The fraction of sp³-hybridized carbons (Fsp3) is 0.333. The van der Waals surface area contributed by atoms with Crippen molar-refractivity contribution in [2.24, 2.45) is 0 Å². The zero-order valence-electron chi connectivity index (χ0n) is 22.3. The van der Waals surface area contributed by atoms with E-state index < -0.39 is 0 Å². The lowest BCUT2D eigenvalue weighted by Crippen LogP contribution is -2.28. The minimum absolute atomic E-state index is 0.0245. The van der Waals surface area contributed by atoms with Gasteiger partial charge in [0.1, 0.15) is 5.75 Å². The number of nitrogens with one attached hydrogen (secondary N) is 1. The van der Waals surface area contributed by atoms with E-state index in [-0.39, 0.29) is 29.1 Å². The van der Waals surface area contributed by atoms with Gasteiger partial charge in [0.15, 0.2) is 5.78 Å². The van der Waals surface area contributed by atoms with Crippen LogP contribution in [0.5, 0.6) is 5.75 Å². The van der Waals surface area contributed by atoms with Crippen molar-refractivity contribution in [3.05, 3.63) is 89.0 Å². The molecular weight excluding hydrogens is 464 g/mol. The van der Waals surface area contributed by atoms with Crippen molar-refractivity contribution in [1.29, 1.82) is 5.41 Å². The Morgan fingerprint density at radius 1 is 1.00 bits per heavy atom. The van der Waals surface area contributed by atoms with E-state index >= 15 is 0 Å². The number of nitrogens with zero attached hydrogens (tertiary/aromatic N) is 3. The number of hydrogen-bond acceptors (Lipinski definition) is 5.